The molecule has 2 heterocycles. The fourth-order valence-corrected chi connectivity index (χ4v) is 2.73. The van der Waals surface area contributed by atoms with Gasteiger partial charge in [0.2, 0.25) is 0 Å². The Morgan fingerprint density at radius 3 is 2.91 bits per heavy atom. The van der Waals surface area contributed by atoms with E-state index in [1.807, 2.05) is 39.1 Å². The molecule has 22 heavy (non-hydrogen) atoms. The second kappa shape index (κ2) is 7.09. The largest absolute Gasteiger partial charge is 0.444 e. The fraction of sp³-hybridized carbons (Fsp3) is 0.647. The first-order valence-electron chi connectivity index (χ1n) is 7.97. The highest BCUT2D eigenvalue weighted by atomic mass is 16.6. The number of likely N-dealkylation sites (tertiary alicyclic amines) is 1. The molecule has 5 heteroatoms. The lowest BCUT2D eigenvalue weighted by molar-refractivity contribution is 0.0519. The van der Waals surface area contributed by atoms with Gasteiger partial charge in [-0.05, 0) is 58.7 Å². The summed E-state index contributed by atoms with van der Waals surface area (Å²) in [7, 11) is 0. The SMILES string of the molecule is C[C@H](c1ccccn1)N1CC[C@H](CNC(=O)OC(C)(C)C)C1. The van der Waals surface area contributed by atoms with Crippen molar-refractivity contribution < 1.29 is 9.53 Å². The Hall–Kier alpha value is -1.62. The summed E-state index contributed by atoms with van der Waals surface area (Å²) < 4.78 is 5.27. The van der Waals surface area contributed by atoms with E-state index in [9.17, 15) is 4.79 Å². The summed E-state index contributed by atoms with van der Waals surface area (Å²) in [6, 6.07) is 6.34. The van der Waals surface area contributed by atoms with E-state index in [2.05, 4.69) is 28.2 Å². The Bertz CT molecular complexity index is 484. The Balaban J connectivity index is 1.77. The van der Waals surface area contributed by atoms with Crippen LogP contribution in [0.25, 0.3) is 0 Å². The number of nitrogens with one attached hydrogen (secondary N) is 1. The topological polar surface area (TPSA) is 54.5 Å². The minimum absolute atomic E-state index is 0.313. The second-order valence-corrected chi connectivity index (χ2v) is 6.96. The summed E-state index contributed by atoms with van der Waals surface area (Å²) in [4.78, 5) is 18.5. The molecular formula is C17H27N3O2. The summed E-state index contributed by atoms with van der Waals surface area (Å²) in [5.41, 5.74) is 0.655. The van der Waals surface area contributed by atoms with Gasteiger partial charge in [0.25, 0.3) is 0 Å². The van der Waals surface area contributed by atoms with E-state index in [4.69, 9.17) is 4.74 Å². The molecule has 0 unspecified atom stereocenters. The highest BCUT2D eigenvalue weighted by Gasteiger charge is 2.28. The van der Waals surface area contributed by atoms with Crippen LogP contribution in [0.4, 0.5) is 4.79 Å². The smallest absolute Gasteiger partial charge is 0.407 e. The Kier molecular flexibility index (Phi) is 5.40. The molecule has 0 aliphatic carbocycles. The van der Waals surface area contributed by atoms with Crippen molar-refractivity contribution in [1.82, 2.24) is 15.2 Å². The van der Waals surface area contributed by atoms with Crippen molar-refractivity contribution in [3.63, 3.8) is 0 Å². The number of hydrogen-bond acceptors (Lipinski definition) is 4. The van der Waals surface area contributed by atoms with Gasteiger partial charge in [0, 0.05) is 25.3 Å². The lowest BCUT2D eigenvalue weighted by Crippen LogP contribution is -2.36. The number of nitrogens with zero attached hydrogens (tertiary/aromatic N) is 2. The molecule has 1 fully saturated rings. The van der Waals surface area contributed by atoms with E-state index < -0.39 is 5.60 Å². The number of alkyl carbamates (subject to hydrolysis) is 1. The third kappa shape index (κ3) is 4.98. The van der Waals surface area contributed by atoms with Crippen LogP contribution in [-0.4, -0.2) is 41.2 Å². The van der Waals surface area contributed by atoms with Crippen LogP contribution >= 0.6 is 0 Å². The first kappa shape index (κ1) is 16.7. The van der Waals surface area contributed by atoms with Crippen molar-refractivity contribution in [3.8, 4) is 0 Å². The molecule has 0 spiro atoms. The summed E-state index contributed by atoms with van der Waals surface area (Å²) in [5, 5.41) is 2.88. The average Bonchev–Trinajstić information content (AvgIpc) is 2.92. The van der Waals surface area contributed by atoms with Crippen molar-refractivity contribution in [2.24, 2.45) is 5.92 Å². The van der Waals surface area contributed by atoms with Crippen LogP contribution in [0.5, 0.6) is 0 Å². The maximum absolute atomic E-state index is 11.7. The molecule has 0 radical (unpaired) electrons. The van der Waals surface area contributed by atoms with E-state index in [0.29, 0.717) is 18.5 Å². The molecule has 1 aromatic rings. The highest BCUT2D eigenvalue weighted by Crippen LogP contribution is 2.25. The molecule has 0 aromatic carbocycles. The molecule has 0 bridgehead atoms. The van der Waals surface area contributed by atoms with Crippen LogP contribution in [0.3, 0.4) is 0 Å². The summed E-state index contributed by atoms with van der Waals surface area (Å²) >= 11 is 0. The van der Waals surface area contributed by atoms with Crippen molar-refractivity contribution in [2.45, 2.75) is 45.8 Å². The molecule has 2 atom stereocenters. The molecule has 1 N–H and O–H groups in total. The van der Waals surface area contributed by atoms with Crippen LogP contribution in [0, 0.1) is 5.92 Å². The molecule has 0 saturated carbocycles. The summed E-state index contributed by atoms with van der Waals surface area (Å²) in [6.45, 7) is 10.5. The van der Waals surface area contributed by atoms with Crippen molar-refractivity contribution in [1.29, 1.82) is 0 Å². The van der Waals surface area contributed by atoms with E-state index in [-0.39, 0.29) is 6.09 Å². The van der Waals surface area contributed by atoms with Crippen LogP contribution in [0.2, 0.25) is 0 Å². The number of hydrogen-bond donors (Lipinski definition) is 1. The van der Waals surface area contributed by atoms with Gasteiger partial charge < -0.3 is 10.1 Å². The number of rotatable bonds is 4. The normalized spacial score (nSPS) is 20.6. The molecule has 1 saturated heterocycles. The monoisotopic (exact) mass is 305 g/mol. The van der Waals surface area contributed by atoms with Gasteiger partial charge in [0.1, 0.15) is 5.60 Å². The Labute approximate surface area is 133 Å². The van der Waals surface area contributed by atoms with Crippen LogP contribution in [0.15, 0.2) is 24.4 Å². The number of amides is 1. The maximum Gasteiger partial charge on any atom is 0.407 e. The van der Waals surface area contributed by atoms with Gasteiger partial charge in [-0.25, -0.2) is 4.79 Å². The summed E-state index contributed by atoms with van der Waals surface area (Å²) in [5.74, 6) is 0.471. The standard InChI is InChI=1S/C17H27N3O2/c1-13(15-7-5-6-9-18-15)20-10-8-14(12-20)11-19-16(21)22-17(2,3)4/h5-7,9,13-14H,8,10-12H2,1-4H3,(H,19,21)/t13-,14-/m1/s1. The lowest BCUT2D eigenvalue weighted by Gasteiger charge is -2.24. The molecule has 122 valence electrons. The highest BCUT2D eigenvalue weighted by molar-refractivity contribution is 5.67. The Morgan fingerprint density at radius 2 is 2.27 bits per heavy atom. The van der Waals surface area contributed by atoms with Gasteiger partial charge in [-0.15, -0.1) is 0 Å². The zero-order valence-electron chi connectivity index (χ0n) is 14.0. The molecule has 1 aliphatic heterocycles. The van der Waals surface area contributed by atoms with E-state index in [1.54, 1.807) is 0 Å². The average molecular weight is 305 g/mol. The first-order chi connectivity index (χ1) is 10.3. The zero-order chi connectivity index (χ0) is 16.2. The number of carbonyl (C=O) groups excluding carboxylic acids is 1. The molecular weight excluding hydrogens is 278 g/mol. The summed E-state index contributed by atoms with van der Waals surface area (Å²) in [6.07, 6.45) is 2.60. The van der Waals surface area contributed by atoms with Gasteiger partial charge >= 0.3 is 6.09 Å². The number of aromatic nitrogens is 1. The number of pyridine rings is 1. The van der Waals surface area contributed by atoms with Gasteiger partial charge in [0.15, 0.2) is 0 Å². The minimum atomic E-state index is -0.445. The van der Waals surface area contributed by atoms with Crippen molar-refractivity contribution >= 4 is 6.09 Å². The predicted molar refractivity (Wildman–Crippen MR) is 86.6 cm³/mol. The Morgan fingerprint density at radius 1 is 1.50 bits per heavy atom. The predicted octanol–water partition coefficient (Wildman–Crippen LogP) is 2.99. The third-order valence-electron chi connectivity index (χ3n) is 3.91. The molecule has 2 rings (SSSR count). The fourth-order valence-electron chi connectivity index (χ4n) is 2.73. The van der Waals surface area contributed by atoms with Crippen molar-refractivity contribution in [2.75, 3.05) is 19.6 Å². The third-order valence-corrected chi connectivity index (χ3v) is 3.91. The molecule has 1 aliphatic rings. The molecule has 1 amide bonds. The van der Waals surface area contributed by atoms with Gasteiger partial charge in [-0.1, -0.05) is 6.07 Å². The van der Waals surface area contributed by atoms with Crippen molar-refractivity contribution in [3.05, 3.63) is 30.1 Å². The van der Waals surface area contributed by atoms with Crippen LogP contribution in [-0.2, 0) is 4.74 Å². The van der Waals surface area contributed by atoms with E-state index in [0.717, 1.165) is 25.2 Å². The maximum atomic E-state index is 11.7. The quantitative estimate of drug-likeness (QED) is 0.929. The lowest BCUT2D eigenvalue weighted by atomic mass is 10.1. The molecule has 5 nitrogen and oxygen atoms in total. The van der Waals surface area contributed by atoms with Crippen LogP contribution < -0.4 is 5.32 Å². The molecule has 1 aromatic heterocycles. The zero-order valence-corrected chi connectivity index (χ0v) is 14.0. The minimum Gasteiger partial charge on any atom is -0.444 e. The van der Waals surface area contributed by atoms with E-state index >= 15 is 0 Å². The van der Waals surface area contributed by atoms with Gasteiger partial charge in [0.05, 0.1) is 5.69 Å². The van der Waals surface area contributed by atoms with Crippen LogP contribution in [0.1, 0.15) is 45.9 Å². The number of carbonyl (C=O) groups is 1. The number of ether oxygens (including phenoxy) is 1. The van der Waals surface area contributed by atoms with Gasteiger partial charge in [-0.2, -0.15) is 0 Å². The van der Waals surface area contributed by atoms with Gasteiger partial charge in [-0.3, -0.25) is 9.88 Å². The van der Waals surface area contributed by atoms with E-state index in [1.165, 1.54) is 0 Å². The first-order valence-corrected chi connectivity index (χ1v) is 7.97. The second-order valence-electron chi connectivity index (χ2n) is 6.96.